The van der Waals surface area contributed by atoms with E-state index in [9.17, 15) is 4.79 Å². The van der Waals surface area contributed by atoms with Gasteiger partial charge in [-0.3, -0.25) is 4.79 Å². The molecule has 0 bridgehead atoms. The van der Waals surface area contributed by atoms with E-state index in [1.165, 1.54) is 5.56 Å². The second kappa shape index (κ2) is 9.73. The van der Waals surface area contributed by atoms with Crippen LogP contribution in [0.25, 0.3) is 5.69 Å². The zero-order valence-corrected chi connectivity index (χ0v) is 18.8. The Morgan fingerprint density at radius 2 is 1.81 bits per heavy atom. The number of fused-ring (bicyclic) bond motifs is 1. The molecule has 0 spiro atoms. The molecule has 31 heavy (non-hydrogen) atoms. The molecule has 0 saturated carbocycles. The summed E-state index contributed by atoms with van der Waals surface area (Å²) in [7, 11) is 1.67. The van der Waals surface area contributed by atoms with Gasteiger partial charge in [0.1, 0.15) is 5.75 Å². The molecule has 8 heteroatoms. The molecule has 164 valence electrons. The summed E-state index contributed by atoms with van der Waals surface area (Å²) in [5, 5.41) is 3.50. The summed E-state index contributed by atoms with van der Waals surface area (Å²) >= 11 is 0. The first kappa shape index (κ1) is 23.1. The molecule has 2 aromatic carbocycles. The number of amides is 1. The lowest BCUT2D eigenvalue weighted by molar-refractivity contribution is 0.0714. The lowest BCUT2D eigenvalue weighted by Gasteiger charge is -2.28. The number of imidazole rings is 1. The maximum atomic E-state index is 13.4. The van der Waals surface area contributed by atoms with Gasteiger partial charge in [-0.15, -0.1) is 24.8 Å². The molecular weight excluding hydrogens is 435 g/mol. The minimum absolute atomic E-state index is 0. The topological polar surface area (TPSA) is 59.4 Å². The molecule has 3 heterocycles. The van der Waals surface area contributed by atoms with Crippen LogP contribution in [0, 0.1) is 11.8 Å². The summed E-state index contributed by atoms with van der Waals surface area (Å²) in [5.41, 5.74) is 2.89. The van der Waals surface area contributed by atoms with Crippen LogP contribution in [0.5, 0.6) is 5.75 Å². The molecule has 1 amide bonds. The van der Waals surface area contributed by atoms with Gasteiger partial charge in [-0.05, 0) is 47.9 Å². The van der Waals surface area contributed by atoms with Gasteiger partial charge in [0.15, 0.2) is 0 Å². The first-order valence-electron chi connectivity index (χ1n) is 9.98. The standard InChI is InChI=1S/C23H24N4O2.2ClH/c1-29-20-8-4-16(5-9-20)22-21-13-25-12-18(21)14-27(22)23(28)17-2-6-19(7-3-17)26-11-10-24-15-26;;/h2-11,15,18,21-22,25H,12-14H2,1H3;2*1H/t18-,21-,22-;;/m0../s1. The van der Waals surface area contributed by atoms with Crippen LogP contribution in [0.15, 0.2) is 67.3 Å². The van der Waals surface area contributed by atoms with Crippen molar-refractivity contribution in [2.24, 2.45) is 11.8 Å². The molecule has 0 aliphatic carbocycles. The first-order valence-corrected chi connectivity index (χ1v) is 9.98. The molecule has 0 radical (unpaired) electrons. The van der Waals surface area contributed by atoms with Crippen LogP contribution >= 0.6 is 24.8 Å². The highest BCUT2D eigenvalue weighted by Gasteiger charge is 2.46. The molecule has 2 fully saturated rings. The molecule has 1 aromatic heterocycles. The van der Waals surface area contributed by atoms with Crippen LogP contribution in [-0.2, 0) is 0 Å². The second-order valence-corrected chi connectivity index (χ2v) is 7.77. The summed E-state index contributed by atoms with van der Waals surface area (Å²) < 4.78 is 7.24. The van der Waals surface area contributed by atoms with Crippen molar-refractivity contribution in [1.82, 2.24) is 19.8 Å². The second-order valence-electron chi connectivity index (χ2n) is 7.77. The highest BCUT2D eigenvalue weighted by Crippen LogP contribution is 2.43. The fraction of sp³-hybridized carbons (Fsp3) is 0.304. The third-order valence-electron chi connectivity index (χ3n) is 6.20. The number of methoxy groups -OCH3 is 1. The number of benzene rings is 2. The van der Waals surface area contributed by atoms with Crippen LogP contribution in [0.1, 0.15) is 22.0 Å². The molecule has 6 nitrogen and oxygen atoms in total. The highest BCUT2D eigenvalue weighted by atomic mass is 35.5. The van der Waals surface area contributed by atoms with Crippen LogP contribution in [-0.4, -0.2) is 47.1 Å². The summed E-state index contributed by atoms with van der Waals surface area (Å²) in [6.45, 7) is 2.71. The lowest BCUT2D eigenvalue weighted by atomic mass is 9.89. The number of hydrogen-bond acceptors (Lipinski definition) is 4. The van der Waals surface area contributed by atoms with E-state index < -0.39 is 0 Å². The van der Waals surface area contributed by atoms with Crippen molar-refractivity contribution < 1.29 is 9.53 Å². The van der Waals surface area contributed by atoms with Gasteiger partial charge in [-0.2, -0.15) is 0 Å². The monoisotopic (exact) mass is 460 g/mol. The average molecular weight is 461 g/mol. The lowest BCUT2D eigenvalue weighted by Crippen LogP contribution is -2.34. The number of halogens is 2. The van der Waals surface area contributed by atoms with Crippen molar-refractivity contribution in [2.45, 2.75) is 6.04 Å². The molecular formula is C23H26Cl2N4O2. The van der Waals surface area contributed by atoms with Gasteiger partial charge in [0, 0.05) is 49.2 Å². The van der Waals surface area contributed by atoms with Crippen LogP contribution in [0.2, 0.25) is 0 Å². The number of hydrogen-bond donors (Lipinski definition) is 1. The van der Waals surface area contributed by atoms with E-state index in [0.29, 0.717) is 11.8 Å². The summed E-state index contributed by atoms with van der Waals surface area (Å²) in [6.07, 6.45) is 5.39. The number of carbonyl (C=O) groups is 1. The Labute approximate surface area is 194 Å². The third kappa shape index (κ3) is 4.28. The molecule has 3 aromatic rings. The van der Waals surface area contributed by atoms with Gasteiger partial charge in [-0.1, -0.05) is 12.1 Å². The van der Waals surface area contributed by atoms with E-state index in [2.05, 4.69) is 27.3 Å². The van der Waals surface area contributed by atoms with E-state index in [-0.39, 0.29) is 36.8 Å². The van der Waals surface area contributed by atoms with Crippen molar-refractivity contribution in [3.63, 3.8) is 0 Å². The number of nitrogens with one attached hydrogen (secondary N) is 1. The maximum absolute atomic E-state index is 13.4. The van der Waals surface area contributed by atoms with Crippen molar-refractivity contribution in [2.75, 3.05) is 26.7 Å². The van der Waals surface area contributed by atoms with Crippen molar-refractivity contribution >= 4 is 30.7 Å². The Hall–Kier alpha value is -2.54. The smallest absolute Gasteiger partial charge is 0.254 e. The molecule has 2 aliphatic heterocycles. The highest BCUT2D eigenvalue weighted by molar-refractivity contribution is 5.95. The quantitative estimate of drug-likeness (QED) is 0.643. The van der Waals surface area contributed by atoms with E-state index in [1.807, 2.05) is 47.2 Å². The van der Waals surface area contributed by atoms with Crippen LogP contribution < -0.4 is 10.1 Å². The Morgan fingerprint density at radius 3 is 2.45 bits per heavy atom. The van der Waals surface area contributed by atoms with E-state index in [4.69, 9.17) is 4.74 Å². The van der Waals surface area contributed by atoms with Gasteiger partial charge in [-0.25, -0.2) is 4.98 Å². The minimum Gasteiger partial charge on any atom is -0.497 e. The van der Waals surface area contributed by atoms with Gasteiger partial charge in [0.05, 0.1) is 19.5 Å². The van der Waals surface area contributed by atoms with Crippen LogP contribution in [0.3, 0.4) is 0 Å². The summed E-state index contributed by atoms with van der Waals surface area (Å²) in [4.78, 5) is 19.6. The van der Waals surface area contributed by atoms with Gasteiger partial charge >= 0.3 is 0 Å². The zero-order valence-electron chi connectivity index (χ0n) is 17.2. The Balaban J connectivity index is 0.00000136. The van der Waals surface area contributed by atoms with Gasteiger partial charge in [0.25, 0.3) is 5.91 Å². The Bertz CT molecular complexity index is 993. The van der Waals surface area contributed by atoms with Crippen molar-refractivity contribution in [1.29, 1.82) is 0 Å². The number of rotatable bonds is 4. The number of carbonyl (C=O) groups excluding carboxylic acids is 1. The minimum atomic E-state index is 0. The third-order valence-corrected chi connectivity index (χ3v) is 6.20. The number of nitrogens with zero attached hydrogens (tertiary/aromatic N) is 3. The number of ether oxygens (including phenoxy) is 1. The molecule has 2 saturated heterocycles. The van der Waals surface area contributed by atoms with Crippen LogP contribution in [0.4, 0.5) is 0 Å². The predicted molar refractivity (Wildman–Crippen MR) is 125 cm³/mol. The van der Waals surface area contributed by atoms with Crippen molar-refractivity contribution in [3.8, 4) is 11.4 Å². The fourth-order valence-electron chi connectivity index (χ4n) is 4.71. The van der Waals surface area contributed by atoms with E-state index >= 15 is 0 Å². The Morgan fingerprint density at radius 1 is 1.06 bits per heavy atom. The van der Waals surface area contributed by atoms with Crippen molar-refractivity contribution in [3.05, 3.63) is 78.4 Å². The number of aromatic nitrogens is 2. The van der Waals surface area contributed by atoms with Gasteiger partial charge in [0.2, 0.25) is 0 Å². The largest absolute Gasteiger partial charge is 0.497 e. The Kier molecular flexibility index (Phi) is 7.26. The number of likely N-dealkylation sites (tertiary alicyclic amines) is 1. The first-order chi connectivity index (χ1) is 14.2. The van der Waals surface area contributed by atoms with Gasteiger partial charge < -0.3 is 19.5 Å². The molecule has 1 N–H and O–H groups in total. The summed E-state index contributed by atoms with van der Waals surface area (Å²) in [6, 6.07) is 16.0. The zero-order chi connectivity index (χ0) is 19.8. The molecule has 0 unspecified atom stereocenters. The predicted octanol–water partition coefficient (Wildman–Crippen LogP) is 3.76. The molecule has 3 atom stereocenters. The van der Waals surface area contributed by atoms with E-state index in [1.54, 1.807) is 19.6 Å². The maximum Gasteiger partial charge on any atom is 0.254 e. The fourth-order valence-corrected chi connectivity index (χ4v) is 4.71. The summed E-state index contributed by atoms with van der Waals surface area (Å²) in [5.74, 6) is 1.87. The average Bonchev–Trinajstić information content (AvgIpc) is 3.51. The van der Waals surface area contributed by atoms with E-state index in [0.717, 1.165) is 36.6 Å². The SMILES string of the molecule is COc1ccc([C@H]2[C@H]3CNC[C@H]3CN2C(=O)c2ccc(-n3ccnc3)cc2)cc1.Cl.Cl. The molecule has 2 aliphatic rings. The molecule has 5 rings (SSSR count). The normalized spacial score (nSPS) is 21.7.